The highest BCUT2D eigenvalue weighted by molar-refractivity contribution is 6.68. The molecular formula is C10H6Cl2O. The van der Waals surface area contributed by atoms with Crippen LogP contribution in [0, 0.1) is 0 Å². The molecule has 66 valence electrons. The largest absolute Gasteiger partial charge is 0.290 e. The van der Waals surface area contributed by atoms with Crippen molar-refractivity contribution in [1.82, 2.24) is 0 Å². The summed E-state index contributed by atoms with van der Waals surface area (Å²) in [7, 11) is 0. The lowest BCUT2D eigenvalue weighted by Gasteiger charge is -2.26. The van der Waals surface area contributed by atoms with Crippen molar-refractivity contribution in [3.63, 3.8) is 0 Å². The molecule has 1 nitrogen and oxygen atoms in total. The standard InChI is InChI=1S/C10H6Cl2O/c11-10(12)6-8(9(10)13)7-4-2-1-3-5-7/h1-6H. The first-order valence-electron chi connectivity index (χ1n) is 3.82. The summed E-state index contributed by atoms with van der Waals surface area (Å²) in [5.74, 6) is -0.220. The molecule has 0 amide bonds. The Bertz CT molecular complexity index is 379. The zero-order valence-corrected chi connectivity index (χ0v) is 8.14. The number of hydrogen-bond acceptors (Lipinski definition) is 1. The maximum atomic E-state index is 11.4. The van der Waals surface area contributed by atoms with Crippen LogP contribution in [0.15, 0.2) is 36.4 Å². The quantitative estimate of drug-likeness (QED) is 0.655. The number of alkyl halides is 2. The average Bonchev–Trinajstić information content (AvgIpc) is 2.15. The second-order valence-corrected chi connectivity index (χ2v) is 4.26. The summed E-state index contributed by atoms with van der Waals surface area (Å²) in [5.41, 5.74) is 1.47. The van der Waals surface area contributed by atoms with Crippen LogP contribution in [-0.4, -0.2) is 10.1 Å². The molecule has 0 bridgehead atoms. The van der Waals surface area contributed by atoms with Crippen molar-refractivity contribution >= 4 is 34.6 Å². The van der Waals surface area contributed by atoms with E-state index in [4.69, 9.17) is 23.2 Å². The maximum Gasteiger partial charge on any atom is 0.203 e. The number of carbonyl (C=O) groups is 1. The lowest BCUT2D eigenvalue weighted by atomic mass is 9.89. The van der Waals surface area contributed by atoms with E-state index in [-0.39, 0.29) is 5.78 Å². The minimum Gasteiger partial charge on any atom is -0.290 e. The number of benzene rings is 1. The highest BCUT2D eigenvalue weighted by atomic mass is 35.5. The number of allylic oxidation sites excluding steroid dienone is 2. The van der Waals surface area contributed by atoms with Crippen molar-refractivity contribution in [3.8, 4) is 0 Å². The monoisotopic (exact) mass is 212 g/mol. The molecule has 3 heteroatoms. The molecule has 2 rings (SSSR count). The molecule has 1 aliphatic carbocycles. The molecular weight excluding hydrogens is 207 g/mol. The van der Waals surface area contributed by atoms with Gasteiger partial charge < -0.3 is 0 Å². The second-order valence-electron chi connectivity index (χ2n) is 2.88. The fraction of sp³-hybridized carbons (Fsp3) is 0.100. The molecule has 0 saturated carbocycles. The molecule has 13 heavy (non-hydrogen) atoms. The number of halogens is 2. The van der Waals surface area contributed by atoms with Gasteiger partial charge in [-0.1, -0.05) is 53.5 Å². The van der Waals surface area contributed by atoms with Gasteiger partial charge in [-0.3, -0.25) is 4.79 Å². The molecule has 0 N–H and O–H groups in total. The Hall–Kier alpha value is -0.790. The van der Waals surface area contributed by atoms with E-state index < -0.39 is 4.33 Å². The zero-order chi connectivity index (χ0) is 9.47. The van der Waals surface area contributed by atoms with E-state index in [9.17, 15) is 4.79 Å². The van der Waals surface area contributed by atoms with Gasteiger partial charge in [-0.05, 0) is 11.6 Å². The number of Topliss-reactive ketones (excluding diaryl/α,β-unsaturated/α-hetero) is 1. The molecule has 0 saturated heterocycles. The van der Waals surface area contributed by atoms with Crippen LogP contribution in [0.25, 0.3) is 5.57 Å². The van der Waals surface area contributed by atoms with Gasteiger partial charge in [-0.25, -0.2) is 0 Å². The predicted molar refractivity (Wildman–Crippen MR) is 53.9 cm³/mol. The SMILES string of the molecule is O=C1C(c2ccccc2)=CC1(Cl)Cl. The lowest BCUT2D eigenvalue weighted by molar-refractivity contribution is -0.114. The van der Waals surface area contributed by atoms with Crippen molar-refractivity contribution in [1.29, 1.82) is 0 Å². The van der Waals surface area contributed by atoms with Gasteiger partial charge in [0.2, 0.25) is 5.78 Å². The van der Waals surface area contributed by atoms with E-state index in [0.717, 1.165) is 5.56 Å². The molecule has 0 aromatic heterocycles. The van der Waals surface area contributed by atoms with Crippen LogP contribution in [-0.2, 0) is 4.79 Å². The van der Waals surface area contributed by atoms with Crippen LogP contribution in [0.3, 0.4) is 0 Å². The van der Waals surface area contributed by atoms with Crippen LogP contribution >= 0.6 is 23.2 Å². The number of rotatable bonds is 1. The fourth-order valence-corrected chi connectivity index (χ4v) is 1.67. The third kappa shape index (κ3) is 1.38. The summed E-state index contributed by atoms with van der Waals surface area (Å²) in [6.45, 7) is 0. The Kier molecular flexibility index (Phi) is 1.94. The van der Waals surface area contributed by atoms with Gasteiger partial charge >= 0.3 is 0 Å². The van der Waals surface area contributed by atoms with Crippen molar-refractivity contribution in [2.75, 3.05) is 0 Å². The third-order valence-electron chi connectivity index (χ3n) is 1.96. The Labute approximate surface area is 86.0 Å². The molecule has 0 spiro atoms. The molecule has 1 aromatic rings. The molecule has 0 fully saturated rings. The molecule has 1 aliphatic rings. The second kappa shape index (κ2) is 2.86. The highest BCUT2D eigenvalue weighted by Gasteiger charge is 2.43. The summed E-state index contributed by atoms with van der Waals surface area (Å²) in [5, 5.41) is 0. The fourth-order valence-electron chi connectivity index (χ4n) is 1.25. The van der Waals surface area contributed by atoms with Crippen molar-refractivity contribution in [2.24, 2.45) is 0 Å². The van der Waals surface area contributed by atoms with E-state index in [2.05, 4.69) is 0 Å². The van der Waals surface area contributed by atoms with Crippen LogP contribution in [0.1, 0.15) is 5.56 Å². The Balaban J connectivity index is 2.38. The minimum atomic E-state index is -1.30. The van der Waals surface area contributed by atoms with Crippen molar-refractivity contribution in [2.45, 2.75) is 4.33 Å². The van der Waals surface area contributed by atoms with Crippen molar-refractivity contribution < 1.29 is 4.79 Å². The number of ketones is 1. The van der Waals surface area contributed by atoms with Gasteiger partial charge in [0.25, 0.3) is 0 Å². The number of hydrogen-bond donors (Lipinski definition) is 0. The Morgan fingerprint density at radius 3 is 2.15 bits per heavy atom. The van der Waals surface area contributed by atoms with Gasteiger partial charge in [-0.15, -0.1) is 0 Å². The average molecular weight is 213 g/mol. The highest BCUT2D eigenvalue weighted by Crippen LogP contribution is 2.41. The van der Waals surface area contributed by atoms with E-state index in [1.165, 1.54) is 0 Å². The summed E-state index contributed by atoms with van der Waals surface area (Å²) in [6.07, 6.45) is 1.56. The summed E-state index contributed by atoms with van der Waals surface area (Å²) in [4.78, 5) is 11.4. The van der Waals surface area contributed by atoms with E-state index >= 15 is 0 Å². The van der Waals surface area contributed by atoms with Gasteiger partial charge in [-0.2, -0.15) is 0 Å². The van der Waals surface area contributed by atoms with E-state index in [1.807, 2.05) is 30.3 Å². The van der Waals surface area contributed by atoms with Crippen LogP contribution in [0.4, 0.5) is 0 Å². The number of carbonyl (C=O) groups excluding carboxylic acids is 1. The van der Waals surface area contributed by atoms with Gasteiger partial charge in [0.05, 0.1) is 0 Å². The summed E-state index contributed by atoms with van der Waals surface area (Å²) < 4.78 is -1.30. The smallest absolute Gasteiger partial charge is 0.203 e. The van der Waals surface area contributed by atoms with Crippen LogP contribution in [0.5, 0.6) is 0 Å². The predicted octanol–water partition coefficient (Wildman–Crippen LogP) is 2.83. The lowest BCUT2D eigenvalue weighted by Crippen LogP contribution is -2.34. The summed E-state index contributed by atoms with van der Waals surface area (Å²) >= 11 is 11.3. The first-order valence-corrected chi connectivity index (χ1v) is 4.58. The molecule has 1 aromatic carbocycles. The first kappa shape index (κ1) is 8.79. The van der Waals surface area contributed by atoms with Gasteiger partial charge in [0.15, 0.2) is 4.33 Å². The molecule has 0 radical (unpaired) electrons. The maximum absolute atomic E-state index is 11.4. The third-order valence-corrected chi connectivity index (χ3v) is 2.52. The zero-order valence-electron chi connectivity index (χ0n) is 6.63. The summed E-state index contributed by atoms with van der Waals surface area (Å²) in [6, 6.07) is 9.33. The normalized spacial score (nSPS) is 19.2. The van der Waals surface area contributed by atoms with Gasteiger partial charge in [0.1, 0.15) is 0 Å². The molecule has 0 heterocycles. The van der Waals surface area contributed by atoms with Gasteiger partial charge in [0, 0.05) is 5.57 Å². The topological polar surface area (TPSA) is 17.1 Å². The van der Waals surface area contributed by atoms with Crippen LogP contribution < -0.4 is 0 Å². The van der Waals surface area contributed by atoms with E-state index in [0.29, 0.717) is 5.57 Å². The Morgan fingerprint density at radius 1 is 1.08 bits per heavy atom. The Morgan fingerprint density at radius 2 is 1.69 bits per heavy atom. The molecule has 0 atom stereocenters. The van der Waals surface area contributed by atoms with Crippen LogP contribution in [0.2, 0.25) is 0 Å². The first-order chi connectivity index (χ1) is 6.11. The van der Waals surface area contributed by atoms with Crippen molar-refractivity contribution in [3.05, 3.63) is 42.0 Å². The minimum absolute atomic E-state index is 0.220. The molecule has 0 unspecified atom stereocenters. The molecule has 0 aliphatic heterocycles. The van der Waals surface area contributed by atoms with E-state index in [1.54, 1.807) is 6.08 Å².